The molecule has 198 valence electrons. The number of carbonyl (C=O) groups excluding carboxylic acids is 3. The van der Waals surface area contributed by atoms with Gasteiger partial charge in [0.1, 0.15) is 5.75 Å². The third kappa shape index (κ3) is 6.10. The van der Waals surface area contributed by atoms with Gasteiger partial charge in [0.05, 0.1) is 25.3 Å². The molecule has 0 aliphatic carbocycles. The van der Waals surface area contributed by atoms with E-state index in [9.17, 15) is 14.4 Å². The number of likely N-dealkylation sites (N-methyl/N-ethyl adjacent to an activating group) is 1. The Bertz CT molecular complexity index is 981. The Morgan fingerprint density at radius 3 is 2.61 bits per heavy atom. The normalized spacial score (nSPS) is 20.8. The predicted octanol–water partition coefficient (Wildman–Crippen LogP) is 2.72. The molecule has 4 amide bonds. The first-order valence-electron chi connectivity index (χ1n) is 12.7. The first kappa shape index (κ1) is 27.3. The van der Waals surface area contributed by atoms with Crippen LogP contribution in [0, 0.1) is 0 Å². The molecular formula is C26H39N5O5. The van der Waals surface area contributed by atoms with Gasteiger partial charge in [-0.05, 0) is 44.9 Å². The predicted molar refractivity (Wildman–Crippen MR) is 137 cm³/mol. The number of esters is 1. The van der Waals surface area contributed by atoms with E-state index in [1.165, 1.54) is 0 Å². The smallest absolute Gasteiger partial charge is 0.338 e. The van der Waals surface area contributed by atoms with Crippen molar-refractivity contribution in [2.45, 2.75) is 46.2 Å². The van der Waals surface area contributed by atoms with E-state index < -0.39 is 12.0 Å². The van der Waals surface area contributed by atoms with E-state index in [0.717, 1.165) is 12.0 Å². The molecule has 0 bridgehead atoms. The molecule has 0 aromatic heterocycles. The second kappa shape index (κ2) is 12.6. The standard InChI is InChI=1S/C26H39N5O5/c1-6-12-27-25(33)31-14-13-29(16-18(31)4)17-21-22(24(32)36-8-3)23(28-26(34)30(21)7-2)19-10-9-11-20(15-19)35-5/h9-11,15,18,23H,6-8,12-14,16-17H2,1-5H3,(H,27,33)(H,28,34)/t18-,23+/m0/s1. The maximum Gasteiger partial charge on any atom is 0.338 e. The van der Waals surface area contributed by atoms with E-state index in [0.29, 0.717) is 56.3 Å². The van der Waals surface area contributed by atoms with Crippen LogP contribution >= 0.6 is 0 Å². The van der Waals surface area contributed by atoms with Crippen molar-refractivity contribution in [1.29, 1.82) is 0 Å². The number of rotatable bonds is 9. The van der Waals surface area contributed by atoms with Gasteiger partial charge in [0.2, 0.25) is 0 Å². The van der Waals surface area contributed by atoms with Gasteiger partial charge in [-0.3, -0.25) is 9.80 Å². The summed E-state index contributed by atoms with van der Waals surface area (Å²) in [5.74, 6) is 0.181. The third-order valence-electron chi connectivity index (χ3n) is 6.55. The largest absolute Gasteiger partial charge is 0.497 e. The van der Waals surface area contributed by atoms with Gasteiger partial charge in [0, 0.05) is 51.0 Å². The van der Waals surface area contributed by atoms with Crippen molar-refractivity contribution < 1.29 is 23.9 Å². The van der Waals surface area contributed by atoms with Crippen molar-refractivity contribution in [1.82, 2.24) is 25.3 Å². The van der Waals surface area contributed by atoms with Gasteiger partial charge in [-0.15, -0.1) is 0 Å². The highest BCUT2D eigenvalue weighted by Crippen LogP contribution is 2.33. The summed E-state index contributed by atoms with van der Waals surface area (Å²) in [6, 6.07) is 6.34. The topological polar surface area (TPSA) is 103 Å². The van der Waals surface area contributed by atoms with Crippen LogP contribution in [0.4, 0.5) is 9.59 Å². The van der Waals surface area contributed by atoms with Crippen molar-refractivity contribution in [2.24, 2.45) is 0 Å². The Hall–Kier alpha value is -3.27. The molecule has 2 atom stereocenters. The number of benzene rings is 1. The quantitative estimate of drug-likeness (QED) is 0.505. The molecule has 0 unspecified atom stereocenters. The minimum atomic E-state index is -0.664. The molecular weight excluding hydrogens is 462 g/mol. The zero-order valence-corrected chi connectivity index (χ0v) is 22.0. The van der Waals surface area contributed by atoms with Gasteiger partial charge in [-0.25, -0.2) is 14.4 Å². The summed E-state index contributed by atoms with van der Waals surface area (Å²) < 4.78 is 10.8. The molecule has 10 nitrogen and oxygen atoms in total. The number of urea groups is 2. The number of amides is 4. The molecule has 36 heavy (non-hydrogen) atoms. The molecule has 10 heteroatoms. The van der Waals surface area contributed by atoms with Crippen LogP contribution in [0.5, 0.6) is 5.75 Å². The van der Waals surface area contributed by atoms with Crippen LogP contribution in [-0.2, 0) is 9.53 Å². The average molecular weight is 502 g/mol. The van der Waals surface area contributed by atoms with E-state index in [1.807, 2.05) is 49.9 Å². The van der Waals surface area contributed by atoms with Gasteiger partial charge >= 0.3 is 18.0 Å². The molecule has 1 fully saturated rings. The van der Waals surface area contributed by atoms with Crippen molar-refractivity contribution in [3.63, 3.8) is 0 Å². The summed E-state index contributed by atoms with van der Waals surface area (Å²) in [5.41, 5.74) is 1.79. The molecule has 1 aromatic rings. The molecule has 0 radical (unpaired) electrons. The Morgan fingerprint density at radius 1 is 1.19 bits per heavy atom. The van der Waals surface area contributed by atoms with E-state index in [4.69, 9.17) is 9.47 Å². The van der Waals surface area contributed by atoms with Crippen molar-refractivity contribution in [3.05, 3.63) is 41.1 Å². The number of hydrogen-bond acceptors (Lipinski definition) is 6. The zero-order chi connectivity index (χ0) is 26.2. The minimum Gasteiger partial charge on any atom is -0.497 e. The summed E-state index contributed by atoms with van der Waals surface area (Å²) in [6.07, 6.45) is 0.883. The average Bonchev–Trinajstić information content (AvgIpc) is 2.87. The highest BCUT2D eigenvalue weighted by atomic mass is 16.5. The highest BCUT2D eigenvalue weighted by Gasteiger charge is 2.39. The Balaban J connectivity index is 1.94. The minimum absolute atomic E-state index is 0.0103. The van der Waals surface area contributed by atoms with E-state index in [-0.39, 0.29) is 24.7 Å². The summed E-state index contributed by atoms with van der Waals surface area (Å²) >= 11 is 0. The first-order chi connectivity index (χ1) is 17.3. The fraction of sp³-hybridized carbons (Fsp3) is 0.577. The van der Waals surface area contributed by atoms with Gasteiger partial charge < -0.3 is 25.0 Å². The van der Waals surface area contributed by atoms with Gasteiger partial charge in [-0.1, -0.05) is 19.1 Å². The number of carbonyl (C=O) groups is 3. The van der Waals surface area contributed by atoms with Crippen LogP contribution in [-0.4, -0.2) is 91.8 Å². The fourth-order valence-electron chi connectivity index (χ4n) is 4.75. The van der Waals surface area contributed by atoms with Crippen LogP contribution in [0.2, 0.25) is 0 Å². The number of ether oxygens (including phenoxy) is 2. The SMILES string of the molecule is CCCNC(=O)N1CCN(CC2=C(C(=O)OCC)[C@@H](c3cccc(OC)c3)NC(=O)N2CC)C[C@@H]1C. The molecule has 0 spiro atoms. The second-order valence-corrected chi connectivity index (χ2v) is 8.99. The third-order valence-corrected chi connectivity index (χ3v) is 6.55. The molecule has 3 rings (SSSR count). The zero-order valence-electron chi connectivity index (χ0n) is 22.0. The Kier molecular flexibility index (Phi) is 9.58. The lowest BCUT2D eigenvalue weighted by Gasteiger charge is -2.42. The lowest BCUT2D eigenvalue weighted by molar-refractivity contribution is -0.139. The van der Waals surface area contributed by atoms with Crippen LogP contribution < -0.4 is 15.4 Å². The second-order valence-electron chi connectivity index (χ2n) is 8.99. The van der Waals surface area contributed by atoms with Gasteiger partial charge in [-0.2, -0.15) is 0 Å². The van der Waals surface area contributed by atoms with Crippen molar-refractivity contribution in [3.8, 4) is 5.75 Å². The van der Waals surface area contributed by atoms with Gasteiger partial charge in [0.25, 0.3) is 0 Å². The van der Waals surface area contributed by atoms with E-state index >= 15 is 0 Å². The summed E-state index contributed by atoms with van der Waals surface area (Å²) in [5, 5.41) is 5.93. The van der Waals surface area contributed by atoms with E-state index in [2.05, 4.69) is 15.5 Å². The van der Waals surface area contributed by atoms with Crippen LogP contribution in [0.1, 0.15) is 45.7 Å². The van der Waals surface area contributed by atoms with Crippen LogP contribution in [0.15, 0.2) is 35.5 Å². The Morgan fingerprint density at radius 2 is 1.97 bits per heavy atom. The monoisotopic (exact) mass is 501 g/mol. The highest BCUT2D eigenvalue weighted by molar-refractivity contribution is 5.95. The summed E-state index contributed by atoms with van der Waals surface area (Å²) in [7, 11) is 1.58. The fourth-order valence-corrected chi connectivity index (χ4v) is 4.75. The van der Waals surface area contributed by atoms with Crippen LogP contribution in [0.3, 0.4) is 0 Å². The lowest BCUT2D eigenvalue weighted by Crippen LogP contribution is -2.58. The molecule has 2 N–H and O–H groups in total. The van der Waals surface area contributed by atoms with Gasteiger partial charge in [0.15, 0.2) is 0 Å². The number of piperazine rings is 1. The van der Waals surface area contributed by atoms with Crippen molar-refractivity contribution in [2.75, 3.05) is 53.0 Å². The number of methoxy groups -OCH3 is 1. The molecule has 1 aromatic carbocycles. The number of nitrogens with one attached hydrogen (secondary N) is 2. The summed E-state index contributed by atoms with van der Waals surface area (Å²) in [6.45, 7) is 11.2. The Labute approximate surface area is 213 Å². The van der Waals surface area contributed by atoms with E-state index in [1.54, 1.807) is 18.9 Å². The molecule has 2 heterocycles. The van der Waals surface area contributed by atoms with Crippen molar-refractivity contribution >= 4 is 18.0 Å². The maximum absolute atomic E-state index is 13.3. The number of hydrogen-bond donors (Lipinski definition) is 2. The lowest BCUT2D eigenvalue weighted by atomic mass is 9.93. The number of nitrogens with zero attached hydrogens (tertiary/aromatic N) is 3. The molecule has 2 aliphatic rings. The summed E-state index contributed by atoms with van der Waals surface area (Å²) in [4.78, 5) is 44.6. The molecule has 1 saturated heterocycles. The molecule has 0 saturated carbocycles. The first-order valence-corrected chi connectivity index (χ1v) is 12.7. The molecule has 2 aliphatic heterocycles. The van der Waals surface area contributed by atoms with Crippen LogP contribution in [0.25, 0.3) is 0 Å². The maximum atomic E-state index is 13.3.